The average molecular weight is 452 g/mol. The lowest BCUT2D eigenvalue weighted by molar-refractivity contribution is -0.440. The van der Waals surface area contributed by atoms with Gasteiger partial charge in [0.1, 0.15) is 0 Å². The minimum atomic E-state index is -1.55. The van der Waals surface area contributed by atoms with Crippen molar-refractivity contribution in [3.05, 3.63) is 85.0 Å². The predicted octanol–water partition coefficient (Wildman–Crippen LogP) is 3.55. The monoisotopic (exact) mass is 452 g/mol. The molecule has 0 aromatic heterocycles. The van der Waals surface area contributed by atoms with E-state index in [1.54, 1.807) is 0 Å². The third-order valence-electron chi connectivity index (χ3n) is 3.61. The highest BCUT2D eigenvalue weighted by molar-refractivity contribution is 5.78. The molecule has 0 heterocycles. The first-order valence-electron chi connectivity index (χ1n) is 7.50. The molecule has 0 saturated carbocycles. The first-order chi connectivity index (χ1) is 14.9. The summed E-state index contributed by atoms with van der Waals surface area (Å²) < 4.78 is 0. The second-order valence-electron chi connectivity index (χ2n) is 5.34. The number of nitrogens with zero attached hydrogens (tertiary/aromatic N) is 8. The lowest BCUT2D eigenvalue weighted by Gasteiger charge is -2.01. The Bertz CT molecular complexity index is 1160. The topological polar surface area (TPSA) is 284 Å². The van der Waals surface area contributed by atoms with Gasteiger partial charge < -0.3 is 0 Å². The van der Waals surface area contributed by atoms with Crippen LogP contribution in [0.5, 0.6) is 0 Å². The van der Waals surface area contributed by atoms with Crippen LogP contribution < -0.4 is 0 Å². The summed E-state index contributed by atoms with van der Waals surface area (Å²) in [6.07, 6.45) is 0. The Morgan fingerprint density at radius 3 is 0.938 bits per heavy atom. The van der Waals surface area contributed by atoms with Gasteiger partial charge in [-0.1, -0.05) is 0 Å². The minimum Gasteiger partial charge on any atom is -0.258 e. The van der Waals surface area contributed by atoms with E-state index in [4.69, 9.17) is 0 Å². The number of nitro benzene ring substituents is 6. The summed E-state index contributed by atoms with van der Waals surface area (Å²) in [7, 11) is 0. The molecule has 0 amide bonds. The van der Waals surface area contributed by atoms with Gasteiger partial charge in [0.15, 0.2) is 11.4 Å². The van der Waals surface area contributed by atoms with Crippen molar-refractivity contribution in [1.82, 2.24) is 0 Å². The molecule has 0 aliphatic rings. The quantitative estimate of drug-likeness (QED) is 0.315. The first-order valence-corrected chi connectivity index (χ1v) is 7.50. The molecule has 0 saturated heterocycles. The Kier molecular flexibility index (Phi) is 5.99. The first kappa shape index (κ1) is 22.7. The van der Waals surface area contributed by atoms with Gasteiger partial charge in [-0.05, 0) is 12.1 Å². The molecule has 0 spiro atoms. The zero-order chi connectivity index (χ0) is 24.3. The Hall–Kier alpha value is -5.56. The summed E-state index contributed by atoms with van der Waals surface area (Å²) >= 11 is 0. The third-order valence-corrected chi connectivity index (χ3v) is 3.61. The maximum Gasteiger partial charge on any atom is 0.424 e. The number of azo groups is 1. The van der Waals surface area contributed by atoms with Crippen LogP contribution >= 0.6 is 0 Å². The summed E-state index contributed by atoms with van der Waals surface area (Å²) in [6, 6.07) is 2.15. The van der Waals surface area contributed by atoms with Gasteiger partial charge in [0, 0.05) is 12.1 Å². The van der Waals surface area contributed by atoms with E-state index in [0.29, 0.717) is 24.3 Å². The number of hydrogen-bond donors (Lipinski definition) is 0. The molecule has 0 bridgehead atoms. The molecule has 164 valence electrons. The molecule has 20 heteroatoms. The van der Waals surface area contributed by atoms with E-state index in [1.807, 2.05) is 0 Å². The van der Waals surface area contributed by atoms with Crippen molar-refractivity contribution >= 4 is 45.5 Å². The van der Waals surface area contributed by atoms with Crippen molar-refractivity contribution in [3.8, 4) is 0 Å². The van der Waals surface area contributed by atoms with Crippen LogP contribution in [0, 0.1) is 60.7 Å². The van der Waals surface area contributed by atoms with Crippen molar-refractivity contribution in [2.75, 3.05) is 0 Å². The van der Waals surface area contributed by atoms with Crippen LogP contribution in [0.15, 0.2) is 34.5 Å². The van der Waals surface area contributed by atoms with Crippen molar-refractivity contribution in [1.29, 1.82) is 0 Å². The number of nitro groups is 6. The second kappa shape index (κ2) is 8.44. The van der Waals surface area contributed by atoms with E-state index < -0.39 is 75.0 Å². The molecule has 0 radical (unpaired) electrons. The lowest BCUT2D eigenvalue weighted by atomic mass is 10.2. The van der Waals surface area contributed by atoms with Gasteiger partial charge in [0.25, 0.3) is 0 Å². The molecule has 32 heavy (non-hydrogen) atoms. The predicted molar refractivity (Wildman–Crippen MR) is 97.0 cm³/mol. The highest BCUT2D eigenvalue weighted by Gasteiger charge is 2.41. The fraction of sp³-hybridized carbons (Fsp3) is 0. The van der Waals surface area contributed by atoms with Crippen molar-refractivity contribution < 1.29 is 29.5 Å². The molecule has 2 aromatic rings. The molecule has 0 N–H and O–H groups in total. The van der Waals surface area contributed by atoms with Crippen LogP contribution in [0.2, 0.25) is 0 Å². The highest BCUT2D eigenvalue weighted by Crippen LogP contribution is 2.46. The second-order valence-corrected chi connectivity index (χ2v) is 5.34. The van der Waals surface area contributed by atoms with Crippen molar-refractivity contribution in [3.63, 3.8) is 0 Å². The Labute approximate surface area is 171 Å². The van der Waals surface area contributed by atoms with E-state index in [9.17, 15) is 60.7 Å². The normalized spacial score (nSPS) is 10.6. The number of rotatable bonds is 8. The van der Waals surface area contributed by atoms with Crippen LogP contribution in [0.4, 0.5) is 45.5 Å². The summed E-state index contributed by atoms with van der Waals surface area (Å²) in [5.74, 6) is 0. The summed E-state index contributed by atoms with van der Waals surface area (Å²) in [5, 5.41) is 73.1. The third kappa shape index (κ3) is 4.07. The molecule has 0 atom stereocenters. The smallest absolute Gasteiger partial charge is 0.258 e. The van der Waals surface area contributed by atoms with E-state index in [2.05, 4.69) is 10.2 Å². The molecule has 20 nitrogen and oxygen atoms in total. The van der Waals surface area contributed by atoms with Gasteiger partial charge >= 0.3 is 34.1 Å². The van der Waals surface area contributed by atoms with Crippen LogP contribution in [-0.4, -0.2) is 29.5 Å². The van der Waals surface area contributed by atoms with Crippen LogP contribution in [-0.2, 0) is 0 Å². The van der Waals surface area contributed by atoms with Gasteiger partial charge in [0.05, 0.1) is 29.5 Å². The SMILES string of the molecule is O=[N+]([O-])c1ccc(/N=N\c2ccc([N+](=O)[O-])c([N+](=O)[O-])c2[N+](=O)[O-])c([N+](=O)[O-])c1[N+](=O)[O-]. The molecule has 0 aliphatic heterocycles. The van der Waals surface area contributed by atoms with Crippen molar-refractivity contribution in [2.45, 2.75) is 0 Å². The minimum absolute atomic E-state index is 0.492. The Morgan fingerprint density at radius 2 is 0.719 bits per heavy atom. The van der Waals surface area contributed by atoms with Crippen LogP contribution in [0.1, 0.15) is 0 Å². The largest absolute Gasteiger partial charge is 0.424 e. The standard InChI is InChI=1S/C12H4N8O12/c21-15(22)7-3-1-5(9(17(25)26)11(7)19(29)30)13-14-6-2-4-8(16(23)24)12(20(31)32)10(6)18(27)28/h1-4H/b14-13-. The van der Waals surface area contributed by atoms with Gasteiger partial charge in [-0.3, -0.25) is 60.7 Å². The van der Waals surface area contributed by atoms with Crippen LogP contribution in [0.3, 0.4) is 0 Å². The summed E-state index contributed by atoms with van der Waals surface area (Å²) in [6.45, 7) is 0. The molecule has 2 rings (SSSR count). The zero-order valence-corrected chi connectivity index (χ0v) is 14.8. The Morgan fingerprint density at radius 1 is 0.438 bits per heavy atom. The molecular formula is C12H4N8O12. The molecule has 2 aromatic carbocycles. The lowest BCUT2D eigenvalue weighted by Crippen LogP contribution is -2.02. The van der Waals surface area contributed by atoms with E-state index in [-0.39, 0.29) is 0 Å². The van der Waals surface area contributed by atoms with Gasteiger partial charge in [0.2, 0.25) is 0 Å². The van der Waals surface area contributed by atoms with Crippen LogP contribution in [0.25, 0.3) is 0 Å². The highest BCUT2D eigenvalue weighted by atomic mass is 16.7. The van der Waals surface area contributed by atoms with Crippen molar-refractivity contribution in [2.24, 2.45) is 10.2 Å². The van der Waals surface area contributed by atoms with Gasteiger partial charge in [-0.25, -0.2) is 0 Å². The number of benzene rings is 2. The van der Waals surface area contributed by atoms with E-state index in [0.717, 1.165) is 0 Å². The molecule has 0 unspecified atom stereocenters. The van der Waals surface area contributed by atoms with E-state index >= 15 is 0 Å². The molecular weight excluding hydrogens is 448 g/mol. The zero-order valence-electron chi connectivity index (χ0n) is 14.8. The molecule has 0 fully saturated rings. The van der Waals surface area contributed by atoms with Gasteiger partial charge in [-0.2, -0.15) is 0 Å². The summed E-state index contributed by atoms with van der Waals surface area (Å²) in [5.41, 5.74) is -10.5. The van der Waals surface area contributed by atoms with Gasteiger partial charge in [-0.15, -0.1) is 10.2 Å². The summed E-state index contributed by atoms with van der Waals surface area (Å²) in [4.78, 5) is 58.5. The Balaban J connectivity index is 2.81. The number of hydrogen-bond acceptors (Lipinski definition) is 14. The molecule has 0 aliphatic carbocycles. The van der Waals surface area contributed by atoms with E-state index in [1.165, 1.54) is 0 Å². The average Bonchev–Trinajstić information content (AvgIpc) is 2.69. The maximum atomic E-state index is 11.3. The fourth-order valence-corrected chi connectivity index (χ4v) is 2.40. The fourth-order valence-electron chi connectivity index (χ4n) is 2.40. The maximum absolute atomic E-state index is 11.3.